The van der Waals surface area contributed by atoms with E-state index in [1.54, 1.807) is 50.7 Å². The number of anilines is 3. The molecule has 1 unspecified atom stereocenters. The van der Waals surface area contributed by atoms with Crippen molar-refractivity contribution in [2.24, 2.45) is 0 Å². The normalized spacial score (nSPS) is 11.4. The lowest BCUT2D eigenvalue weighted by Crippen LogP contribution is -2.35. The summed E-state index contributed by atoms with van der Waals surface area (Å²) in [5.74, 6) is 1.61. The Bertz CT molecular complexity index is 916. The number of carbonyl (C=O) groups is 1. The molecule has 28 heavy (non-hydrogen) atoms. The van der Waals surface area contributed by atoms with E-state index in [9.17, 15) is 4.79 Å². The topological polar surface area (TPSA) is 79.4 Å². The van der Waals surface area contributed by atoms with Crippen LogP contribution >= 0.6 is 0 Å². The second kappa shape index (κ2) is 8.85. The molecule has 1 atom stereocenters. The lowest BCUT2D eigenvalue weighted by Gasteiger charge is -2.22. The minimum Gasteiger partial charge on any atom is -0.497 e. The van der Waals surface area contributed by atoms with Crippen molar-refractivity contribution >= 4 is 23.5 Å². The van der Waals surface area contributed by atoms with Crippen molar-refractivity contribution in [2.45, 2.75) is 13.0 Å². The summed E-state index contributed by atoms with van der Waals surface area (Å²) in [5.41, 5.74) is 1.79. The monoisotopic (exact) mass is 377 g/mol. The number of aromatic nitrogens is 2. The van der Waals surface area contributed by atoms with Crippen molar-refractivity contribution in [3.05, 3.63) is 72.4 Å². The highest BCUT2D eigenvalue weighted by atomic mass is 16.5. The number of rotatable bonds is 6. The predicted octanol–water partition coefficient (Wildman–Crippen LogP) is 4.14. The van der Waals surface area contributed by atoms with E-state index in [0.717, 1.165) is 5.56 Å². The van der Waals surface area contributed by atoms with Gasteiger partial charge < -0.3 is 15.4 Å². The molecule has 144 valence electrons. The average molecular weight is 377 g/mol. The zero-order chi connectivity index (χ0) is 19.9. The van der Waals surface area contributed by atoms with Crippen LogP contribution in [0.2, 0.25) is 0 Å². The summed E-state index contributed by atoms with van der Waals surface area (Å²) in [6.07, 6.45) is 1.63. The van der Waals surface area contributed by atoms with Crippen LogP contribution in [0.5, 0.6) is 5.75 Å². The molecule has 0 spiro atoms. The molecule has 2 aromatic carbocycles. The number of methoxy groups -OCH3 is 1. The van der Waals surface area contributed by atoms with E-state index in [1.165, 1.54) is 4.90 Å². The number of carbonyl (C=O) groups excluding carboxylic acids is 1. The number of nitrogens with one attached hydrogen (secondary N) is 2. The Balaban J connectivity index is 1.88. The minimum absolute atomic E-state index is 0.0193. The fourth-order valence-corrected chi connectivity index (χ4v) is 2.76. The lowest BCUT2D eigenvalue weighted by atomic mass is 10.1. The molecular formula is C21H23N5O2. The molecule has 2 amide bonds. The highest BCUT2D eigenvalue weighted by molar-refractivity contribution is 5.98. The van der Waals surface area contributed by atoms with Gasteiger partial charge in [0.05, 0.1) is 18.8 Å². The first kappa shape index (κ1) is 19.2. The van der Waals surface area contributed by atoms with Crippen molar-refractivity contribution < 1.29 is 9.53 Å². The molecule has 0 fully saturated rings. The number of benzene rings is 2. The maximum atomic E-state index is 12.5. The second-order valence-corrected chi connectivity index (χ2v) is 6.10. The van der Waals surface area contributed by atoms with Crippen LogP contribution in [-0.4, -0.2) is 30.2 Å². The van der Waals surface area contributed by atoms with Crippen LogP contribution in [0.3, 0.4) is 0 Å². The zero-order valence-electron chi connectivity index (χ0n) is 16.1. The molecule has 1 heterocycles. The summed E-state index contributed by atoms with van der Waals surface area (Å²) < 4.78 is 5.19. The fourth-order valence-electron chi connectivity index (χ4n) is 2.76. The second-order valence-electron chi connectivity index (χ2n) is 6.10. The van der Waals surface area contributed by atoms with Gasteiger partial charge in [0, 0.05) is 19.3 Å². The molecule has 0 aliphatic rings. The van der Waals surface area contributed by atoms with Gasteiger partial charge in [-0.25, -0.2) is 14.7 Å². The Hall–Kier alpha value is -3.61. The van der Waals surface area contributed by atoms with Crippen LogP contribution in [0, 0.1) is 0 Å². The molecule has 0 radical (unpaired) electrons. The van der Waals surface area contributed by atoms with Crippen molar-refractivity contribution in [3.63, 3.8) is 0 Å². The van der Waals surface area contributed by atoms with E-state index in [1.807, 2.05) is 37.3 Å². The average Bonchev–Trinajstić information content (AvgIpc) is 2.75. The molecular weight excluding hydrogens is 354 g/mol. The molecule has 7 heteroatoms. The summed E-state index contributed by atoms with van der Waals surface area (Å²) in [6.45, 7) is 2.03. The van der Waals surface area contributed by atoms with E-state index >= 15 is 0 Å². The Labute approximate surface area is 164 Å². The molecule has 3 rings (SSSR count). The SMILES string of the molecule is CNC(=O)N(c1ccc(OC)cc1)c1ccnc(NC(C)c2ccccc2)n1. The van der Waals surface area contributed by atoms with Gasteiger partial charge in [-0.05, 0) is 36.8 Å². The third-order valence-electron chi connectivity index (χ3n) is 4.26. The first-order chi connectivity index (χ1) is 13.6. The van der Waals surface area contributed by atoms with Gasteiger partial charge in [0.1, 0.15) is 11.6 Å². The van der Waals surface area contributed by atoms with E-state index < -0.39 is 0 Å². The zero-order valence-corrected chi connectivity index (χ0v) is 16.1. The maximum Gasteiger partial charge on any atom is 0.327 e. The summed E-state index contributed by atoms with van der Waals surface area (Å²) in [7, 11) is 3.18. The highest BCUT2D eigenvalue weighted by Gasteiger charge is 2.19. The summed E-state index contributed by atoms with van der Waals surface area (Å²) in [4.78, 5) is 22.8. The molecule has 7 nitrogen and oxygen atoms in total. The van der Waals surface area contributed by atoms with E-state index in [-0.39, 0.29) is 12.1 Å². The molecule has 0 saturated heterocycles. The fraction of sp³-hybridized carbons (Fsp3) is 0.190. The van der Waals surface area contributed by atoms with Crippen LogP contribution in [-0.2, 0) is 0 Å². The van der Waals surface area contributed by atoms with Crippen LogP contribution in [0.15, 0.2) is 66.9 Å². The van der Waals surface area contributed by atoms with Crippen LogP contribution in [0.25, 0.3) is 0 Å². The minimum atomic E-state index is -0.300. The number of nitrogens with zero attached hydrogens (tertiary/aromatic N) is 3. The van der Waals surface area contributed by atoms with E-state index in [4.69, 9.17) is 4.74 Å². The van der Waals surface area contributed by atoms with Gasteiger partial charge in [-0.2, -0.15) is 4.98 Å². The third-order valence-corrected chi connectivity index (χ3v) is 4.26. The van der Waals surface area contributed by atoms with Crippen molar-refractivity contribution in [3.8, 4) is 5.75 Å². The standard InChI is InChI=1S/C21H23N5O2/c1-15(16-7-5-4-6-8-16)24-20-23-14-13-19(25-20)26(21(27)22-2)17-9-11-18(28-3)12-10-17/h4-15H,1-3H3,(H,22,27)(H,23,24,25). The maximum absolute atomic E-state index is 12.5. The molecule has 0 aliphatic carbocycles. The van der Waals surface area contributed by atoms with E-state index in [2.05, 4.69) is 20.6 Å². The van der Waals surface area contributed by atoms with Gasteiger partial charge in [-0.3, -0.25) is 0 Å². The van der Waals surface area contributed by atoms with Crippen LogP contribution < -0.4 is 20.3 Å². The quantitative estimate of drug-likeness (QED) is 0.675. The van der Waals surface area contributed by atoms with Gasteiger partial charge in [-0.15, -0.1) is 0 Å². The molecule has 3 aromatic rings. The number of hydrogen-bond acceptors (Lipinski definition) is 5. The van der Waals surface area contributed by atoms with Gasteiger partial charge in [-0.1, -0.05) is 30.3 Å². The molecule has 0 saturated carbocycles. The first-order valence-corrected chi connectivity index (χ1v) is 8.93. The summed E-state index contributed by atoms with van der Waals surface area (Å²) in [5, 5.41) is 5.93. The Morgan fingerprint density at radius 2 is 1.79 bits per heavy atom. The largest absolute Gasteiger partial charge is 0.497 e. The lowest BCUT2D eigenvalue weighted by molar-refractivity contribution is 0.250. The smallest absolute Gasteiger partial charge is 0.327 e. The van der Waals surface area contributed by atoms with Gasteiger partial charge in [0.15, 0.2) is 0 Å². The predicted molar refractivity (Wildman–Crippen MR) is 110 cm³/mol. The van der Waals surface area contributed by atoms with Gasteiger partial charge in [0.2, 0.25) is 5.95 Å². The number of amides is 2. The molecule has 0 aliphatic heterocycles. The summed E-state index contributed by atoms with van der Waals surface area (Å²) in [6, 6.07) is 18.6. The number of urea groups is 1. The summed E-state index contributed by atoms with van der Waals surface area (Å²) >= 11 is 0. The number of hydrogen-bond donors (Lipinski definition) is 2. The molecule has 2 N–H and O–H groups in total. The molecule has 0 bridgehead atoms. The van der Waals surface area contributed by atoms with Gasteiger partial charge >= 0.3 is 6.03 Å². The van der Waals surface area contributed by atoms with E-state index in [0.29, 0.717) is 23.2 Å². The number of ether oxygens (including phenoxy) is 1. The van der Waals surface area contributed by atoms with Crippen LogP contribution in [0.4, 0.5) is 22.2 Å². The van der Waals surface area contributed by atoms with Crippen molar-refractivity contribution in [1.82, 2.24) is 15.3 Å². The van der Waals surface area contributed by atoms with Crippen molar-refractivity contribution in [2.75, 3.05) is 24.4 Å². The van der Waals surface area contributed by atoms with Gasteiger partial charge in [0.25, 0.3) is 0 Å². The van der Waals surface area contributed by atoms with Crippen LogP contribution in [0.1, 0.15) is 18.5 Å². The molecule has 1 aromatic heterocycles. The Morgan fingerprint density at radius 1 is 1.07 bits per heavy atom. The Morgan fingerprint density at radius 3 is 2.43 bits per heavy atom. The highest BCUT2D eigenvalue weighted by Crippen LogP contribution is 2.27. The first-order valence-electron chi connectivity index (χ1n) is 8.93. The Kier molecular flexibility index (Phi) is 6.06. The van der Waals surface area contributed by atoms with Crippen molar-refractivity contribution in [1.29, 1.82) is 0 Å². The third kappa shape index (κ3) is 4.37.